The van der Waals surface area contributed by atoms with Crippen molar-refractivity contribution >= 4 is 11.9 Å². The summed E-state index contributed by atoms with van der Waals surface area (Å²) in [5, 5.41) is 2.69. The molecular weight excluding hydrogens is 260 g/mol. The van der Waals surface area contributed by atoms with Crippen molar-refractivity contribution in [2.75, 3.05) is 20.7 Å². The zero-order chi connectivity index (χ0) is 14.7. The molecule has 2 heterocycles. The van der Waals surface area contributed by atoms with E-state index in [9.17, 15) is 9.59 Å². The maximum atomic E-state index is 11.9. The lowest BCUT2D eigenvalue weighted by molar-refractivity contribution is -0.125. The largest absolute Gasteiger partial charge is 0.463 e. The summed E-state index contributed by atoms with van der Waals surface area (Å²) >= 11 is 0. The second kappa shape index (κ2) is 6.09. The van der Waals surface area contributed by atoms with Gasteiger partial charge in [-0.15, -0.1) is 0 Å². The van der Waals surface area contributed by atoms with Gasteiger partial charge in [-0.05, 0) is 38.4 Å². The first kappa shape index (κ1) is 14.6. The van der Waals surface area contributed by atoms with Gasteiger partial charge in [-0.2, -0.15) is 0 Å². The number of hydrogen-bond donors (Lipinski definition) is 1. The number of nitrogens with zero attached hydrogens (tertiary/aromatic N) is 1. The molecule has 0 radical (unpaired) electrons. The van der Waals surface area contributed by atoms with Crippen molar-refractivity contribution in [3.63, 3.8) is 0 Å². The first-order valence-electron chi connectivity index (χ1n) is 6.74. The summed E-state index contributed by atoms with van der Waals surface area (Å²) in [6, 6.07) is 3.17. The van der Waals surface area contributed by atoms with Crippen molar-refractivity contribution in [2.24, 2.45) is 0 Å². The van der Waals surface area contributed by atoms with Gasteiger partial charge in [0.25, 0.3) is 0 Å². The van der Waals surface area contributed by atoms with Crippen LogP contribution in [0.5, 0.6) is 0 Å². The van der Waals surface area contributed by atoms with E-state index >= 15 is 0 Å². The summed E-state index contributed by atoms with van der Waals surface area (Å²) in [5.74, 6) is 0.382. The molecular formula is C14H20N2O4. The molecule has 1 aliphatic rings. The number of carbonyl (C=O) groups is 2. The van der Waals surface area contributed by atoms with Gasteiger partial charge in [-0.3, -0.25) is 9.69 Å². The Bertz CT molecular complexity index is 497. The van der Waals surface area contributed by atoms with Crippen LogP contribution in [0.4, 0.5) is 0 Å². The Balaban J connectivity index is 2.14. The lowest BCUT2D eigenvalue weighted by Crippen LogP contribution is -2.42. The first-order chi connectivity index (χ1) is 9.58. The minimum Gasteiger partial charge on any atom is -0.463 e. The highest BCUT2D eigenvalue weighted by atomic mass is 16.5. The molecule has 1 N–H and O–H groups in total. The number of ether oxygens (including phenoxy) is 1. The van der Waals surface area contributed by atoms with E-state index in [0.717, 1.165) is 19.4 Å². The minimum absolute atomic E-state index is 0.0223. The molecule has 1 fully saturated rings. The van der Waals surface area contributed by atoms with E-state index in [4.69, 9.17) is 4.42 Å². The zero-order valence-corrected chi connectivity index (χ0v) is 12.0. The molecule has 2 rings (SSSR count). The molecule has 0 aliphatic carbocycles. The van der Waals surface area contributed by atoms with Crippen molar-refractivity contribution < 1.29 is 18.7 Å². The number of likely N-dealkylation sites (N-methyl/N-ethyl adjacent to an activating group) is 1. The number of likely N-dealkylation sites (tertiary alicyclic amines) is 1. The van der Waals surface area contributed by atoms with Gasteiger partial charge in [0.2, 0.25) is 11.7 Å². The van der Waals surface area contributed by atoms with E-state index in [2.05, 4.69) is 15.0 Å². The third-order valence-corrected chi connectivity index (χ3v) is 3.77. The van der Waals surface area contributed by atoms with Crippen molar-refractivity contribution in [1.29, 1.82) is 0 Å². The number of furan rings is 1. The zero-order valence-electron chi connectivity index (χ0n) is 12.0. The summed E-state index contributed by atoms with van der Waals surface area (Å²) < 4.78 is 10.1. The van der Waals surface area contributed by atoms with E-state index in [0.29, 0.717) is 5.76 Å². The third kappa shape index (κ3) is 2.70. The highest BCUT2D eigenvalue weighted by Crippen LogP contribution is 2.30. The lowest BCUT2D eigenvalue weighted by atomic mass is 10.1. The number of nitrogens with one attached hydrogen (secondary N) is 1. The number of amides is 1. The second-order valence-electron chi connectivity index (χ2n) is 4.88. The molecule has 1 aromatic rings. The Hall–Kier alpha value is -1.82. The number of hydrogen-bond acceptors (Lipinski definition) is 5. The summed E-state index contributed by atoms with van der Waals surface area (Å²) in [5.41, 5.74) is 0. The van der Waals surface area contributed by atoms with Crippen LogP contribution in [-0.4, -0.2) is 43.5 Å². The van der Waals surface area contributed by atoms with Crippen LogP contribution in [0.1, 0.15) is 42.1 Å². The van der Waals surface area contributed by atoms with E-state index in [-0.39, 0.29) is 23.8 Å². The summed E-state index contributed by atoms with van der Waals surface area (Å²) in [4.78, 5) is 25.4. The smallest absolute Gasteiger partial charge is 0.373 e. The summed E-state index contributed by atoms with van der Waals surface area (Å²) in [6.45, 7) is 2.81. The Labute approximate surface area is 118 Å². The molecule has 1 saturated heterocycles. The quantitative estimate of drug-likeness (QED) is 0.843. The van der Waals surface area contributed by atoms with E-state index in [1.165, 1.54) is 7.11 Å². The highest BCUT2D eigenvalue weighted by molar-refractivity contribution is 5.86. The van der Waals surface area contributed by atoms with Crippen LogP contribution in [0.15, 0.2) is 16.5 Å². The van der Waals surface area contributed by atoms with Gasteiger partial charge in [-0.25, -0.2) is 4.79 Å². The Morgan fingerprint density at radius 3 is 2.90 bits per heavy atom. The van der Waals surface area contributed by atoms with Crippen LogP contribution in [0, 0.1) is 0 Å². The van der Waals surface area contributed by atoms with Gasteiger partial charge < -0.3 is 14.5 Å². The maximum absolute atomic E-state index is 11.9. The third-order valence-electron chi connectivity index (χ3n) is 3.77. The first-order valence-corrected chi connectivity index (χ1v) is 6.74. The van der Waals surface area contributed by atoms with Crippen LogP contribution < -0.4 is 5.32 Å². The molecule has 2 unspecified atom stereocenters. The average molecular weight is 280 g/mol. The predicted molar refractivity (Wildman–Crippen MR) is 72.3 cm³/mol. The number of rotatable bonds is 4. The van der Waals surface area contributed by atoms with E-state index < -0.39 is 5.97 Å². The maximum Gasteiger partial charge on any atom is 0.373 e. The van der Waals surface area contributed by atoms with Crippen LogP contribution >= 0.6 is 0 Å². The number of methoxy groups -OCH3 is 1. The average Bonchev–Trinajstić information content (AvgIpc) is 3.13. The minimum atomic E-state index is -0.493. The molecule has 0 saturated carbocycles. The molecule has 0 aromatic carbocycles. The molecule has 6 heteroatoms. The normalized spacial score (nSPS) is 20.6. The predicted octanol–water partition coefficient (Wildman–Crippen LogP) is 1.34. The van der Waals surface area contributed by atoms with E-state index in [1.54, 1.807) is 19.2 Å². The van der Waals surface area contributed by atoms with Crippen LogP contribution in [0.2, 0.25) is 0 Å². The second-order valence-corrected chi connectivity index (χ2v) is 4.88. The molecule has 0 bridgehead atoms. The van der Waals surface area contributed by atoms with Gasteiger partial charge in [0.15, 0.2) is 0 Å². The van der Waals surface area contributed by atoms with Gasteiger partial charge in [0.05, 0.1) is 19.2 Å². The Morgan fingerprint density at radius 1 is 1.50 bits per heavy atom. The van der Waals surface area contributed by atoms with Gasteiger partial charge in [0, 0.05) is 7.05 Å². The molecule has 0 spiro atoms. The van der Waals surface area contributed by atoms with Crippen molar-refractivity contribution in [2.45, 2.75) is 31.8 Å². The SMILES string of the molecule is CNC(=O)C1CCCN1C(C)c1ccc(C(=O)OC)o1. The lowest BCUT2D eigenvalue weighted by Gasteiger charge is -2.28. The molecule has 1 amide bonds. The van der Waals surface area contributed by atoms with Gasteiger partial charge in [-0.1, -0.05) is 0 Å². The van der Waals surface area contributed by atoms with Crippen molar-refractivity contribution in [1.82, 2.24) is 10.2 Å². The highest BCUT2D eigenvalue weighted by Gasteiger charge is 2.35. The van der Waals surface area contributed by atoms with Crippen molar-refractivity contribution in [3.8, 4) is 0 Å². The summed E-state index contributed by atoms with van der Waals surface area (Å²) in [7, 11) is 2.96. The molecule has 20 heavy (non-hydrogen) atoms. The monoisotopic (exact) mass is 280 g/mol. The fraction of sp³-hybridized carbons (Fsp3) is 0.571. The molecule has 1 aromatic heterocycles. The fourth-order valence-electron chi connectivity index (χ4n) is 2.65. The molecule has 6 nitrogen and oxygen atoms in total. The Kier molecular flexibility index (Phi) is 4.44. The van der Waals surface area contributed by atoms with E-state index in [1.807, 2.05) is 6.92 Å². The number of esters is 1. The van der Waals surface area contributed by atoms with Gasteiger partial charge in [0.1, 0.15) is 5.76 Å². The summed E-state index contributed by atoms with van der Waals surface area (Å²) in [6.07, 6.45) is 1.82. The van der Waals surface area contributed by atoms with Gasteiger partial charge >= 0.3 is 5.97 Å². The molecule has 1 aliphatic heterocycles. The molecule has 2 atom stereocenters. The van der Waals surface area contributed by atoms with Crippen LogP contribution in [0.3, 0.4) is 0 Å². The van der Waals surface area contributed by atoms with Crippen molar-refractivity contribution in [3.05, 3.63) is 23.7 Å². The Morgan fingerprint density at radius 2 is 2.25 bits per heavy atom. The molecule has 110 valence electrons. The standard InChI is InChI=1S/C14H20N2O4/c1-9(11-6-7-12(20-11)14(18)19-3)16-8-4-5-10(16)13(17)15-2/h6-7,9-10H,4-5,8H2,1-3H3,(H,15,17). The van der Waals surface area contributed by atoms with Crippen LogP contribution in [-0.2, 0) is 9.53 Å². The van der Waals surface area contributed by atoms with Crippen LogP contribution in [0.25, 0.3) is 0 Å². The number of carbonyl (C=O) groups excluding carboxylic acids is 2. The topological polar surface area (TPSA) is 71.8 Å². The fourth-order valence-corrected chi connectivity index (χ4v) is 2.65.